The first-order valence-electron chi connectivity index (χ1n) is 5.32. The summed E-state index contributed by atoms with van der Waals surface area (Å²) in [6.45, 7) is 1.93. The van der Waals surface area contributed by atoms with Crippen molar-refractivity contribution < 1.29 is 9.47 Å². The third-order valence-corrected chi connectivity index (χ3v) is 2.23. The van der Waals surface area contributed by atoms with Crippen LogP contribution in [0.1, 0.15) is 18.8 Å². The van der Waals surface area contributed by atoms with Gasteiger partial charge in [-0.1, -0.05) is 0 Å². The molecule has 0 amide bonds. The van der Waals surface area contributed by atoms with E-state index in [1.807, 2.05) is 6.92 Å². The first-order chi connectivity index (χ1) is 8.72. The molecular formula is C10H14N6O2. The predicted molar refractivity (Wildman–Crippen MR) is 63.6 cm³/mol. The van der Waals surface area contributed by atoms with E-state index in [1.54, 1.807) is 12.4 Å². The molecule has 0 spiro atoms. The molecule has 8 nitrogen and oxygen atoms in total. The number of H-pyrrole nitrogens is 1. The lowest BCUT2D eigenvalue weighted by Crippen LogP contribution is -2.12. The van der Waals surface area contributed by atoms with Gasteiger partial charge < -0.3 is 19.8 Å². The minimum absolute atomic E-state index is 0.0724. The van der Waals surface area contributed by atoms with Crippen LogP contribution in [0.25, 0.3) is 0 Å². The number of hydrogen-bond donors (Lipinski definition) is 2. The fourth-order valence-corrected chi connectivity index (χ4v) is 1.36. The van der Waals surface area contributed by atoms with Gasteiger partial charge in [0.1, 0.15) is 5.82 Å². The lowest BCUT2D eigenvalue weighted by molar-refractivity contribution is 0.341. The van der Waals surface area contributed by atoms with Crippen LogP contribution in [0.4, 0.5) is 5.95 Å². The van der Waals surface area contributed by atoms with Gasteiger partial charge in [0.05, 0.1) is 20.3 Å². The van der Waals surface area contributed by atoms with Crippen LogP contribution in [0, 0.1) is 0 Å². The molecule has 2 N–H and O–H groups in total. The van der Waals surface area contributed by atoms with Crippen molar-refractivity contribution in [1.82, 2.24) is 24.9 Å². The number of rotatable bonds is 5. The van der Waals surface area contributed by atoms with E-state index < -0.39 is 0 Å². The monoisotopic (exact) mass is 250 g/mol. The molecule has 0 aliphatic rings. The van der Waals surface area contributed by atoms with Gasteiger partial charge in [-0.25, -0.2) is 4.98 Å². The molecule has 2 heterocycles. The van der Waals surface area contributed by atoms with E-state index in [0.717, 1.165) is 5.82 Å². The highest BCUT2D eigenvalue weighted by Crippen LogP contribution is 2.16. The van der Waals surface area contributed by atoms with Crippen molar-refractivity contribution in [2.75, 3.05) is 19.5 Å². The van der Waals surface area contributed by atoms with Crippen LogP contribution in [-0.4, -0.2) is 39.1 Å². The molecule has 2 rings (SSSR count). The number of anilines is 1. The van der Waals surface area contributed by atoms with Gasteiger partial charge in [-0.3, -0.25) is 0 Å². The van der Waals surface area contributed by atoms with Gasteiger partial charge in [-0.15, -0.1) is 4.98 Å². The molecule has 0 aliphatic carbocycles. The quantitative estimate of drug-likeness (QED) is 0.809. The molecule has 0 saturated heterocycles. The van der Waals surface area contributed by atoms with Crippen molar-refractivity contribution in [3.63, 3.8) is 0 Å². The zero-order valence-corrected chi connectivity index (χ0v) is 10.3. The number of aromatic nitrogens is 5. The zero-order valence-electron chi connectivity index (χ0n) is 10.3. The molecular weight excluding hydrogens is 236 g/mol. The second-order valence-electron chi connectivity index (χ2n) is 3.47. The molecule has 0 aliphatic heterocycles. The van der Waals surface area contributed by atoms with Gasteiger partial charge in [0.15, 0.2) is 0 Å². The van der Waals surface area contributed by atoms with Crippen molar-refractivity contribution in [1.29, 1.82) is 0 Å². The van der Waals surface area contributed by atoms with Gasteiger partial charge in [0.25, 0.3) is 0 Å². The Bertz CT molecular complexity index is 479. The second-order valence-corrected chi connectivity index (χ2v) is 3.47. The SMILES string of the molecule is COc1nc(NC(C)c2ncc[nH]2)nc(OC)n1. The largest absolute Gasteiger partial charge is 0.467 e. The van der Waals surface area contributed by atoms with E-state index in [4.69, 9.17) is 9.47 Å². The highest BCUT2D eigenvalue weighted by atomic mass is 16.5. The molecule has 0 bridgehead atoms. The Kier molecular flexibility index (Phi) is 3.56. The normalized spacial score (nSPS) is 11.9. The summed E-state index contributed by atoms with van der Waals surface area (Å²) < 4.78 is 9.93. The molecule has 0 saturated carbocycles. The van der Waals surface area contributed by atoms with Gasteiger partial charge in [-0.2, -0.15) is 9.97 Å². The van der Waals surface area contributed by atoms with Crippen LogP contribution in [0.2, 0.25) is 0 Å². The number of methoxy groups -OCH3 is 2. The Hall–Kier alpha value is -2.38. The van der Waals surface area contributed by atoms with Gasteiger partial charge in [-0.05, 0) is 6.92 Å². The van der Waals surface area contributed by atoms with Crippen molar-refractivity contribution in [2.45, 2.75) is 13.0 Å². The Balaban J connectivity index is 2.17. The molecule has 2 aromatic heterocycles. The van der Waals surface area contributed by atoms with E-state index in [9.17, 15) is 0 Å². The second kappa shape index (κ2) is 5.30. The predicted octanol–water partition coefficient (Wildman–Crippen LogP) is 0.785. The lowest BCUT2D eigenvalue weighted by Gasteiger charge is -2.12. The highest BCUT2D eigenvalue weighted by molar-refractivity contribution is 5.30. The van der Waals surface area contributed by atoms with Crippen molar-refractivity contribution in [3.8, 4) is 12.0 Å². The van der Waals surface area contributed by atoms with Crippen LogP contribution < -0.4 is 14.8 Å². The van der Waals surface area contributed by atoms with Crippen molar-refractivity contribution in [3.05, 3.63) is 18.2 Å². The fraction of sp³-hybridized carbons (Fsp3) is 0.400. The standard InChI is InChI=1S/C10H14N6O2/c1-6(7-11-4-5-12-7)13-8-14-9(17-2)16-10(15-8)18-3/h4-6H,1-3H3,(H,11,12)(H,13,14,15,16). The number of hydrogen-bond acceptors (Lipinski definition) is 7. The van der Waals surface area contributed by atoms with Crippen LogP contribution in [-0.2, 0) is 0 Å². The van der Waals surface area contributed by atoms with Crippen molar-refractivity contribution >= 4 is 5.95 Å². The lowest BCUT2D eigenvalue weighted by atomic mass is 10.3. The molecule has 1 atom stereocenters. The smallest absolute Gasteiger partial charge is 0.324 e. The Labute approximate surface area is 104 Å². The van der Waals surface area contributed by atoms with E-state index >= 15 is 0 Å². The van der Waals surface area contributed by atoms with Crippen LogP contribution in [0.15, 0.2) is 12.4 Å². The number of nitrogens with one attached hydrogen (secondary N) is 2. The first kappa shape index (κ1) is 12.1. The summed E-state index contributed by atoms with van der Waals surface area (Å²) in [4.78, 5) is 19.2. The van der Waals surface area contributed by atoms with E-state index in [1.165, 1.54) is 14.2 Å². The van der Waals surface area contributed by atoms with Gasteiger partial charge in [0.2, 0.25) is 5.95 Å². The Morgan fingerprint density at radius 1 is 1.17 bits per heavy atom. The Morgan fingerprint density at radius 3 is 2.33 bits per heavy atom. The van der Waals surface area contributed by atoms with E-state index in [2.05, 4.69) is 30.2 Å². The summed E-state index contributed by atoms with van der Waals surface area (Å²) in [5.74, 6) is 1.15. The average molecular weight is 250 g/mol. The number of nitrogens with zero attached hydrogens (tertiary/aromatic N) is 4. The first-order valence-corrected chi connectivity index (χ1v) is 5.32. The molecule has 18 heavy (non-hydrogen) atoms. The van der Waals surface area contributed by atoms with Crippen LogP contribution in [0.5, 0.6) is 12.0 Å². The molecule has 96 valence electrons. The molecule has 1 unspecified atom stereocenters. The van der Waals surface area contributed by atoms with Gasteiger partial charge in [0, 0.05) is 12.4 Å². The van der Waals surface area contributed by atoms with Crippen LogP contribution >= 0.6 is 0 Å². The van der Waals surface area contributed by atoms with E-state index in [-0.39, 0.29) is 18.1 Å². The molecule has 0 radical (unpaired) electrons. The van der Waals surface area contributed by atoms with E-state index in [0.29, 0.717) is 5.95 Å². The summed E-state index contributed by atoms with van der Waals surface area (Å²) in [5, 5.41) is 3.08. The minimum Gasteiger partial charge on any atom is -0.467 e. The maximum Gasteiger partial charge on any atom is 0.324 e. The molecule has 8 heteroatoms. The third kappa shape index (κ3) is 2.65. The molecule has 0 fully saturated rings. The summed E-state index contributed by atoms with van der Waals surface area (Å²) >= 11 is 0. The maximum absolute atomic E-state index is 4.96. The zero-order chi connectivity index (χ0) is 13.0. The van der Waals surface area contributed by atoms with Crippen LogP contribution in [0.3, 0.4) is 0 Å². The Morgan fingerprint density at radius 2 is 1.83 bits per heavy atom. The summed E-state index contributed by atoms with van der Waals surface area (Å²) in [5.41, 5.74) is 0. The number of ether oxygens (including phenoxy) is 2. The van der Waals surface area contributed by atoms with Gasteiger partial charge >= 0.3 is 12.0 Å². The third-order valence-electron chi connectivity index (χ3n) is 2.23. The maximum atomic E-state index is 4.96. The average Bonchev–Trinajstić information content (AvgIpc) is 2.92. The fourth-order valence-electron chi connectivity index (χ4n) is 1.36. The highest BCUT2D eigenvalue weighted by Gasteiger charge is 2.12. The molecule has 0 aromatic carbocycles. The summed E-state index contributed by atoms with van der Waals surface area (Å²) in [7, 11) is 2.96. The summed E-state index contributed by atoms with van der Waals surface area (Å²) in [6, 6.07) is 0.309. The number of imidazole rings is 1. The minimum atomic E-state index is -0.0724. The summed E-state index contributed by atoms with van der Waals surface area (Å²) in [6.07, 6.45) is 3.43. The number of aromatic amines is 1. The van der Waals surface area contributed by atoms with Crippen molar-refractivity contribution in [2.24, 2.45) is 0 Å². The molecule has 2 aromatic rings. The topological polar surface area (TPSA) is 97.8 Å².